The van der Waals surface area contributed by atoms with Crippen LogP contribution in [0, 0.1) is 0 Å². The minimum atomic E-state index is 0.359. The number of anilines is 1. The van der Waals surface area contributed by atoms with E-state index < -0.39 is 0 Å². The zero-order chi connectivity index (χ0) is 20.9. The van der Waals surface area contributed by atoms with Gasteiger partial charge in [-0.1, -0.05) is 32.0 Å². The van der Waals surface area contributed by atoms with E-state index in [9.17, 15) is 0 Å². The molecule has 2 aromatic heterocycles. The molecule has 4 rings (SSSR count). The Labute approximate surface area is 182 Å². The van der Waals surface area contributed by atoms with Gasteiger partial charge in [0.05, 0.1) is 24.2 Å². The third kappa shape index (κ3) is 4.73. The zero-order valence-corrected chi connectivity index (χ0v) is 18.8. The normalized spacial score (nSPS) is 15.1. The molecule has 0 aliphatic carbocycles. The molecule has 0 bridgehead atoms. The standard InChI is InChI=1S/C23H31N5OS/c1-4-29-21-8-6-5-7-17(21)14-25-19-13-22(30-18-9-11-24-12-10-18)27-28-20(16(2)3)15-26-23(19)28/h5-8,13,15-16,18,24-25H,4,9-12,14H2,1-3H3. The van der Waals surface area contributed by atoms with Gasteiger partial charge < -0.3 is 15.4 Å². The second-order valence-electron chi connectivity index (χ2n) is 7.93. The first-order valence-electron chi connectivity index (χ1n) is 10.9. The van der Waals surface area contributed by atoms with E-state index >= 15 is 0 Å². The number of hydrogen-bond acceptors (Lipinski definition) is 6. The molecule has 30 heavy (non-hydrogen) atoms. The number of aromatic nitrogens is 3. The second kappa shape index (κ2) is 9.71. The number of piperidine rings is 1. The van der Waals surface area contributed by atoms with Crippen LogP contribution in [0.2, 0.25) is 0 Å². The van der Waals surface area contributed by atoms with Crippen molar-refractivity contribution in [1.29, 1.82) is 0 Å². The first-order valence-corrected chi connectivity index (χ1v) is 11.7. The molecule has 6 nitrogen and oxygen atoms in total. The maximum atomic E-state index is 5.79. The molecule has 0 amide bonds. The molecule has 2 N–H and O–H groups in total. The van der Waals surface area contributed by atoms with Crippen molar-refractivity contribution in [2.45, 2.75) is 56.4 Å². The van der Waals surface area contributed by atoms with Crippen LogP contribution in [-0.4, -0.2) is 39.5 Å². The second-order valence-corrected chi connectivity index (χ2v) is 9.25. The topological polar surface area (TPSA) is 63.5 Å². The Bertz CT molecular complexity index is 981. The van der Waals surface area contributed by atoms with Gasteiger partial charge in [0, 0.05) is 17.4 Å². The Morgan fingerprint density at radius 2 is 2.07 bits per heavy atom. The van der Waals surface area contributed by atoms with Crippen molar-refractivity contribution in [1.82, 2.24) is 19.9 Å². The molecule has 160 valence electrons. The van der Waals surface area contributed by atoms with Crippen LogP contribution >= 0.6 is 11.8 Å². The Hall–Kier alpha value is -2.25. The number of rotatable bonds is 8. The molecule has 0 spiro atoms. The van der Waals surface area contributed by atoms with E-state index in [1.54, 1.807) is 0 Å². The minimum Gasteiger partial charge on any atom is -0.494 e. The fourth-order valence-electron chi connectivity index (χ4n) is 3.77. The van der Waals surface area contributed by atoms with Crippen LogP contribution in [0.4, 0.5) is 5.69 Å². The van der Waals surface area contributed by atoms with Crippen LogP contribution < -0.4 is 15.4 Å². The van der Waals surface area contributed by atoms with Crippen molar-refractivity contribution in [2.24, 2.45) is 0 Å². The lowest BCUT2D eigenvalue weighted by atomic mass is 10.1. The summed E-state index contributed by atoms with van der Waals surface area (Å²) >= 11 is 1.89. The summed E-state index contributed by atoms with van der Waals surface area (Å²) in [7, 11) is 0. The molecule has 1 saturated heterocycles. The summed E-state index contributed by atoms with van der Waals surface area (Å²) in [6.45, 7) is 9.89. The highest BCUT2D eigenvalue weighted by Gasteiger charge is 2.19. The number of nitrogens with zero attached hydrogens (tertiary/aromatic N) is 3. The van der Waals surface area contributed by atoms with Crippen LogP contribution in [0.15, 0.2) is 41.6 Å². The van der Waals surface area contributed by atoms with Crippen LogP contribution in [0.25, 0.3) is 5.65 Å². The first kappa shape index (κ1) is 21.0. The Morgan fingerprint density at radius 1 is 1.27 bits per heavy atom. The molecular formula is C23H31N5OS. The van der Waals surface area contributed by atoms with Gasteiger partial charge in [-0.2, -0.15) is 5.10 Å². The number of nitrogens with one attached hydrogen (secondary N) is 2. The molecule has 0 radical (unpaired) electrons. The predicted octanol–water partition coefficient (Wildman–Crippen LogP) is 4.71. The molecule has 0 atom stereocenters. The van der Waals surface area contributed by atoms with Gasteiger partial charge >= 0.3 is 0 Å². The van der Waals surface area contributed by atoms with Gasteiger partial charge in [0.25, 0.3) is 0 Å². The number of fused-ring (bicyclic) bond motifs is 1. The SMILES string of the molecule is CCOc1ccccc1CNc1cc(SC2CCNCC2)nn2c(C(C)C)cnc12. The summed E-state index contributed by atoms with van der Waals surface area (Å²) in [5, 5.41) is 13.6. The highest BCUT2D eigenvalue weighted by atomic mass is 32.2. The Morgan fingerprint density at radius 3 is 2.83 bits per heavy atom. The maximum Gasteiger partial charge on any atom is 0.177 e. The highest BCUT2D eigenvalue weighted by molar-refractivity contribution is 7.99. The molecule has 1 aliphatic rings. The monoisotopic (exact) mass is 425 g/mol. The lowest BCUT2D eigenvalue weighted by Gasteiger charge is -2.22. The lowest BCUT2D eigenvalue weighted by Crippen LogP contribution is -2.29. The number of imidazole rings is 1. The van der Waals surface area contributed by atoms with E-state index in [1.807, 2.05) is 47.6 Å². The van der Waals surface area contributed by atoms with Gasteiger partial charge in [0.2, 0.25) is 0 Å². The third-order valence-corrected chi connectivity index (χ3v) is 6.62. The summed E-state index contributed by atoms with van der Waals surface area (Å²) < 4.78 is 7.81. The van der Waals surface area contributed by atoms with Crippen molar-refractivity contribution < 1.29 is 4.74 Å². The average Bonchev–Trinajstić information content (AvgIpc) is 3.18. The molecule has 1 aliphatic heterocycles. The fraction of sp³-hybridized carbons (Fsp3) is 0.478. The van der Waals surface area contributed by atoms with E-state index in [0.717, 1.165) is 46.5 Å². The van der Waals surface area contributed by atoms with Crippen LogP contribution in [-0.2, 0) is 6.54 Å². The number of para-hydroxylation sites is 1. The average molecular weight is 426 g/mol. The quantitative estimate of drug-likeness (QED) is 0.545. The van der Waals surface area contributed by atoms with E-state index in [1.165, 1.54) is 12.8 Å². The van der Waals surface area contributed by atoms with E-state index in [2.05, 4.69) is 41.6 Å². The van der Waals surface area contributed by atoms with Gasteiger partial charge in [-0.15, -0.1) is 11.8 Å². The van der Waals surface area contributed by atoms with Crippen molar-refractivity contribution in [3.8, 4) is 5.75 Å². The van der Waals surface area contributed by atoms with Gasteiger partial charge in [0.1, 0.15) is 10.8 Å². The summed E-state index contributed by atoms with van der Waals surface area (Å²) in [4.78, 5) is 4.69. The first-order chi connectivity index (χ1) is 14.7. The largest absolute Gasteiger partial charge is 0.494 e. The third-order valence-electron chi connectivity index (χ3n) is 5.38. The molecule has 3 heterocycles. The van der Waals surface area contributed by atoms with Crippen LogP contribution in [0.1, 0.15) is 50.8 Å². The Balaban J connectivity index is 1.63. The van der Waals surface area contributed by atoms with Crippen molar-refractivity contribution in [2.75, 3.05) is 25.0 Å². The maximum absolute atomic E-state index is 5.79. The summed E-state index contributed by atoms with van der Waals surface area (Å²) in [5.41, 5.74) is 4.16. The van der Waals surface area contributed by atoms with E-state index in [-0.39, 0.29) is 0 Å². The zero-order valence-electron chi connectivity index (χ0n) is 18.0. The van der Waals surface area contributed by atoms with Gasteiger partial charge in [0.15, 0.2) is 5.65 Å². The van der Waals surface area contributed by atoms with Crippen molar-refractivity contribution in [3.63, 3.8) is 0 Å². The van der Waals surface area contributed by atoms with Crippen LogP contribution in [0.3, 0.4) is 0 Å². The number of benzene rings is 1. The molecule has 7 heteroatoms. The molecule has 1 fully saturated rings. The fourth-order valence-corrected chi connectivity index (χ4v) is 4.89. The number of hydrogen-bond donors (Lipinski definition) is 2. The molecule has 0 saturated carbocycles. The summed E-state index contributed by atoms with van der Waals surface area (Å²) in [6.07, 6.45) is 4.30. The highest BCUT2D eigenvalue weighted by Crippen LogP contribution is 2.32. The van der Waals surface area contributed by atoms with E-state index in [4.69, 9.17) is 9.84 Å². The molecule has 1 aromatic carbocycles. The minimum absolute atomic E-state index is 0.359. The van der Waals surface area contributed by atoms with Crippen LogP contribution in [0.5, 0.6) is 5.75 Å². The molecule has 0 unspecified atom stereocenters. The molecular weight excluding hydrogens is 394 g/mol. The number of ether oxygens (including phenoxy) is 1. The predicted molar refractivity (Wildman–Crippen MR) is 124 cm³/mol. The van der Waals surface area contributed by atoms with Crippen molar-refractivity contribution >= 4 is 23.1 Å². The Kier molecular flexibility index (Phi) is 6.79. The lowest BCUT2D eigenvalue weighted by molar-refractivity contribution is 0.337. The molecule has 3 aromatic rings. The number of thioether (sulfide) groups is 1. The van der Waals surface area contributed by atoms with Gasteiger partial charge in [-0.05, 0) is 50.9 Å². The smallest absolute Gasteiger partial charge is 0.177 e. The van der Waals surface area contributed by atoms with Gasteiger partial charge in [-0.3, -0.25) is 0 Å². The van der Waals surface area contributed by atoms with Gasteiger partial charge in [-0.25, -0.2) is 9.50 Å². The van der Waals surface area contributed by atoms with E-state index in [0.29, 0.717) is 24.3 Å². The summed E-state index contributed by atoms with van der Waals surface area (Å²) in [6, 6.07) is 10.3. The summed E-state index contributed by atoms with van der Waals surface area (Å²) in [5.74, 6) is 1.28. The van der Waals surface area contributed by atoms with Crippen molar-refractivity contribution in [3.05, 3.63) is 47.8 Å².